The van der Waals surface area contributed by atoms with Gasteiger partial charge in [0.2, 0.25) is 0 Å². The molecule has 0 amide bonds. The van der Waals surface area contributed by atoms with Crippen molar-refractivity contribution in [1.82, 2.24) is 9.97 Å². The van der Waals surface area contributed by atoms with E-state index in [1.807, 2.05) is 24.4 Å². The Kier molecular flexibility index (Phi) is 1.84. The summed E-state index contributed by atoms with van der Waals surface area (Å²) < 4.78 is 5.16. The van der Waals surface area contributed by atoms with E-state index in [1.54, 1.807) is 7.11 Å². The number of aromatic nitrogens is 2. The van der Waals surface area contributed by atoms with Crippen molar-refractivity contribution in [1.29, 1.82) is 0 Å². The second-order valence-corrected chi connectivity index (χ2v) is 3.93. The van der Waals surface area contributed by atoms with E-state index in [0.29, 0.717) is 5.92 Å². The lowest BCUT2D eigenvalue weighted by atomic mass is 10.2. The number of ether oxygens (including phenoxy) is 1. The fourth-order valence-electron chi connectivity index (χ4n) is 1.69. The largest absolute Gasteiger partial charge is 0.497 e. The Morgan fingerprint density at radius 3 is 2.93 bits per heavy atom. The molecule has 1 aliphatic carbocycles. The van der Waals surface area contributed by atoms with Crippen LogP contribution in [0.15, 0.2) is 24.4 Å². The molecule has 0 spiro atoms. The fourth-order valence-corrected chi connectivity index (χ4v) is 1.69. The van der Waals surface area contributed by atoms with Crippen molar-refractivity contribution in [2.45, 2.75) is 18.8 Å². The van der Waals surface area contributed by atoms with Gasteiger partial charge in [-0.3, -0.25) is 0 Å². The van der Waals surface area contributed by atoms with E-state index in [-0.39, 0.29) is 0 Å². The summed E-state index contributed by atoms with van der Waals surface area (Å²) in [4.78, 5) is 8.92. The first kappa shape index (κ1) is 8.65. The van der Waals surface area contributed by atoms with Gasteiger partial charge in [-0.1, -0.05) is 0 Å². The normalized spacial score (nSPS) is 15.5. The zero-order valence-corrected chi connectivity index (χ0v) is 8.60. The highest BCUT2D eigenvalue weighted by molar-refractivity contribution is 5.79. The average molecular weight is 200 g/mol. The molecule has 76 valence electrons. The molecule has 3 heteroatoms. The minimum atomic E-state index is 0.608. The lowest BCUT2D eigenvalue weighted by Crippen LogP contribution is -1.92. The number of nitrogens with zero attached hydrogens (tertiary/aromatic N) is 2. The summed E-state index contributed by atoms with van der Waals surface area (Å²) in [7, 11) is 1.67. The number of hydrogen-bond donors (Lipinski definition) is 0. The van der Waals surface area contributed by atoms with Crippen molar-refractivity contribution in [2.24, 2.45) is 0 Å². The summed E-state index contributed by atoms with van der Waals surface area (Å²) >= 11 is 0. The van der Waals surface area contributed by atoms with Gasteiger partial charge in [0.05, 0.1) is 12.6 Å². The quantitative estimate of drug-likeness (QED) is 0.747. The number of benzene rings is 1. The summed E-state index contributed by atoms with van der Waals surface area (Å²) in [6, 6.07) is 5.89. The summed E-state index contributed by atoms with van der Waals surface area (Å²) in [5, 5.41) is 1.04. The van der Waals surface area contributed by atoms with Gasteiger partial charge in [-0.2, -0.15) is 0 Å². The second kappa shape index (κ2) is 3.19. The number of fused-ring (bicyclic) bond motifs is 1. The van der Waals surface area contributed by atoms with Crippen molar-refractivity contribution in [2.75, 3.05) is 7.11 Å². The molecular formula is C12H12N2O. The molecule has 3 nitrogen and oxygen atoms in total. The summed E-state index contributed by atoms with van der Waals surface area (Å²) in [6.07, 6.45) is 4.36. The molecule has 1 aromatic carbocycles. The lowest BCUT2D eigenvalue weighted by molar-refractivity contribution is 0.415. The molecule has 0 radical (unpaired) electrons. The smallest absolute Gasteiger partial charge is 0.132 e. The lowest BCUT2D eigenvalue weighted by Gasteiger charge is -2.03. The van der Waals surface area contributed by atoms with Crippen LogP contribution in [0, 0.1) is 0 Å². The van der Waals surface area contributed by atoms with Gasteiger partial charge in [0.25, 0.3) is 0 Å². The molecule has 1 aromatic heterocycles. The van der Waals surface area contributed by atoms with Gasteiger partial charge in [0.15, 0.2) is 0 Å². The van der Waals surface area contributed by atoms with Gasteiger partial charge in [0.1, 0.15) is 11.6 Å². The highest BCUT2D eigenvalue weighted by Gasteiger charge is 2.26. The van der Waals surface area contributed by atoms with Crippen LogP contribution in [0.5, 0.6) is 5.75 Å². The van der Waals surface area contributed by atoms with E-state index in [0.717, 1.165) is 22.5 Å². The number of hydrogen-bond acceptors (Lipinski definition) is 3. The maximum Gasteiger partial charge on any atom is 0.132 e. The van der Waals surface area contributed by atoms with Crippen molar-refractivity contribution in [3.8, 4) is 5.75 Å². The van der Waals surface area contributed by atoms with Gasteiger partial charge < -0.3 is 4.74 Å². The molecule has 0 saturated heterocycles. The van der Waals surface area contributed by atoms with Gasteiger partial charge in [0, 0.05) is 17.5 Å². The second-order valence-electron chi connectivity index (χ2n) is 3.93. The Bertz CT molecular complexity index is 506. The molecule has 1 saturated carbocycles. The number of rotatable bonds is 2. The van der Waals surface area contributed by atoms with Crippen molar-refractivity contribution >= 4 is 10.9 Å². The summed E-state index contributed by atoms with van der Waals surface area (Å²) in [6.45, 7) is 0. The minimum absolute atomic E-state index is 0.608. The molecule has 1 heterocycles. The Balaban J connectivity index is 2.11. The third-order valence-electron chi connectivity index (χ3n) is 2.75. The maximum atomic E-state index is 5.16. The molecule has 3 rings (SSSR count). The van der Waals surface area contributed by atoms with Crippen LogP contribution in [-0.2, 0) is 0 Å². The molecule has 2 aromatic rings. The van der Waals surface area contributed by atoms with Gasteiger partial charge in [-0.05, 0) is 31.0 Å². The fraction of sp³-hybridized carbons (Fsp3) is 0.333. The van der Waals surface area contributed by atoms with Crippen LogP contribution in [-0.4, -0.2) is 17.1 Å². The first-order chi connectivity index (χ1) is 7.36. The van der Waals surface area contributed by atoms with Gasteiger partial charge in [-0.15, -0.1) is 0 Å². The van der Waals surface area contributed by atoms with E-state index in [9.17, 15) is 0 Å². The van der Waals surface area contributed by atoms with Crippen molar-refractivity contribution in [3.63, 3.8) is 0 Å². The number of methoxy groups -OCH3 is 1. The van der Waals surface area contributed by atoms with Crippen LogP contribution in [0.25, 0.3) is 10.9 Å². The maximum absolute atomic E-state index is 5.16. The van der Waals surface area contributed by atoms with E-state index in [4.69, 9.17) is 4.74 Å². The molecule has 1 fully saturated rings. The summed E-state index contributed by atoms with van der Waals surface area (Å²) in [5.74, 6) is 2.45. The molecule has 0 N–H and O–H groups in total. The van der Waals surface area contributed by atoms with Crippen LogP contribution < -0.4 is 4.74 Å². The molecule has 0 aliphatic heterocycles. The average Bonchev–Trinajstić information content (AvgIpc) is 3.11. The zero-order valence-electron chi connectivity index (χ0n) is 8.60. The predicted octanol–water partition coefficient (Wildman–Crippen LogP) is 2.52. The van der Waals surface area contributed by atoms with E-state index in [1.165, 1.54) is 12.8 Å². The monoisotopic (exact) mass is 200 g/mol. The Labute approximate surface area is 88.1 Å². The van der Waals surface area contributed by atoms with Crippen LogP contribution in [0.3, 0.4) is 0 Å². The first-order valence-corrected chi connectivity index (χ1v) is 5.17. The molecule has 15 heavy (non-hydrogen) atoms. The van der Waals surface area contributed by atoms with E-state index in [2.05, 4.69) is 9.97 Å². The standard InChI is InChI=1S/C12H12N2O/c1-15-10-4-5-11-9(6-10)7-13-12(14-11)8-2-3-8/h4-8H,2-3H2,1H3. The molecule has 0 bridgehead atoms. The van der Waals surface area contributed by atoms with Crippen molar-refractivity contribution in [3.05, 3.63) is 30.2 Å². The molecular weight excluding hydrogens is 188 g/mol. The topological polar surface area (TPSA) is 35.0 Å². The Morgan fingerprint density at radius 2 is 2.20 bits per heavy atom. The highest BCUT2D eigenvalue weighted by atomic mass is 16.5. The Hall–Kier alpha value is -1.64. The third kappa shape index (κ3) is 1.54. The van der Waals surface area contributed by atoms with Crippen LogP contribution in [0.4, 0.5) is 0 Å². The van der Waals surface area contributed by atoms with Gasteiger partial charge in [-0.25, -0.2) is 9.97 Å². The van der Waals surface area contributed by atoms with Crippen LogP contribution in [0.2, 0.25) is 0 Å². The first-order valence-electron chi connectivity index (χ1n) is 5.17. The van der Waals surface area contributed by atoms with Crippen LogP contribution >= 0.6 is 0 Å². The van der Waals surface area contributed by atoms with Crippen LogP contribution in [0.1, 0.15) is 24.6 Å². The van der Waals surface area contributed by atoms with Gasteiger partial charge >= 0.3 is 0 Å². The molecule has 0 atom stereocenters. The Morgan fingerprint density at radius 1 is 1.33 bits per heavy atom. The summed E-state index contributed by atoms with van der Waals surface area (Å²) in [5.41, 5.74) is 1.01. The minimum Gasteiger partial charge on any atom is -0.497 e. The SMILES string of the molecule is COc1ccc2nc(C3CC3)ncc2c1. The van der Waals surface area contributed by atoms with E-state index >= 15 is 0 Å². The zero-order chi connectivity index (χ0) is 10.3. The molecule has 1 aliphatic rings. The molecule has 0 unspecified atom stereocenters. The van der Waals surface area contributed by atoms with Crippen molar-refractivity contribution < 1.29 is 4.74 Å². The highest BCUT2D eigenvalue weighted by Crippen LogP contribution is 2.38. The van der Waals surface area contributed by atoms with E-state index < -0.39 is 0 Å². The predicted molar refractivity (Wildman–Crippen MR) is 58.1 cm³/mol. The third-order valence-corrected chi connectivity index (χ3v) is 2.75.